The van der Waals surface area contributed by atoms with E-state index in [-0.39, 0.29) is 21.9 Å². The largest absolute Gasteiger partial charge is 0.308 e. The van der Waals surface area contributed by atoms with Gasteiger partial charge in [-0.15, -0.1) is 0 Å². The lowest BCUT2D eigenvalue weighted by Crippen LogP contribution is -2.13. The fraction of sp³-hybridized carbons (Fsp3) is 0.0476. The summed E-state index contributed by atoms with van der Waals surface area (Å²) in [6.45, 7) is 0.456. The van der Waals surface area contributed by atoms with Crippen LogP contribution in [0, 0.1) is 10.1 Å². The van der Waals surface area contributed by atoms with Crippen LogP contribution in [0.2, 0.25) is 0 Å². The Morgan fingerprint density at radius 2 is 1.71 bits per heavy atom. The van der Waals surface area contributed by atoms with Crippen molar-refractivity contribution in [3.05, 3.63) is 109 Å². The number of hydrogen-bond acceptors (Lipinski definition) is 5. The average molecular weight is 390 g/mol. The highest BCUT2D eigenvalue weighted by molar-refractivity contribution is 7.16. The number of fused-ring (bicyclic) bond motifs is 1. The van der Waals surface area contributed by atoms with Crippen molar-refractivity contribution in [2.75, 3.05) is 0 Å². The summed E-state index contributed by atoms with van der Waals surface area (Å²) in [5.74, 6) is -0.318. The molecule has 0 N–H and O–H groups in total. The van der Waals surface area contributed by atoms with E-state index >= 15 is 0 Å². The van der Waals surface area contributed by atoms with Gasteiger partial charge in [-0.1, -0.05) is 53.8 Å². The number of nitro benzene ring substituents is 1. The van der Waals surface area contributed by atoms with Gasteiger partial charge >= 0.3 is 4.87 Å². The molecule has 0 saturated carbocycles. The van der Waals surface area contributed by atoms with Gasteiger partial charge < -0.3 is 0 Å². The normalized spacial score (nSPS) is 10.9. The van der Waals surface area contributed by atoms with Crippen LogP contribution in [-0.4, -0.2) is 15.3 Å². The molecule has 0 bridgehead atoms. The number of nitrogens with zero attached hydrogens (tertiary/aromatic N) is 2. The van der Waals surface area contributed by atoms with Gasteiger partial charge in [-0.05, 0) is 23.8 Å². The van der Waals surface area contributed by atoms with Gasteiger partial charge in [-0.2, -0.15) is 0 Å². The van der Waals surface area contributed by atoms with Crippen molar-refractivity contribution in [3.63, 3.8) is 0 Å². The zero-order valence-corrected chi connectivity index (χ0v) is 15.4. The fourth-order valence-electron chi connectivity index (χ4n) is 3.05. The molecule has 138 valence electrons. The van der Waals surface area contributed by atoms with Crippen LogP contribution in [0.15, 0.2) is 77.6 Å². The Hall–Kier alpha value is -3.58. The predicted octanol–water partition coefficient (Wildman–Crippen LogP) is 4.25. The number of benzene rings is 3. The zero-order chi connectivity index (χ0) is 19.7. The molecule has 4 rings (SSSR count). The molecule has 4 aromatic rings. The van der Waals surface area contributed by atoms with E-state index in [0.29, 0.717) is 16.8 Å². The third-order valence-corrected chi connectivity index (χ3v) is 5.38. The topological polar surface area (TPSA) is 82.2 Å². The summed E-state index contributed by atoms with van der Waals surface area (Å²) in [5, 5.41) is 10.9. The van der Waals surface area contributed by atoms with Crippen molar-refractivity contribution >= 4 is 33.0 Å². The van der Waals surface area contributed by atoms with Crippen molar-refractivity contribution in [1.82, 2.24) is 4.57 Å². The van der Waals surface area contributed by atoms with E-state index in [0.717, 1.165) is 22.4 Å². The summed E-state index contributed by atoms with van der Waals surface area (Å²) >= 11 is 1.08. The number of aromatic nitrogens is 1. The van der Waals surface area contributed by atoms with Crippen LogP contribution in [0.25, 0.3) is 10.2 Å². The molecule has 0 saturated heterocycles. The molecule has 1 aromatic heterocycles. The number of carbonyl (C=O) groups excluding carboxylic acids is 1. The average Bonchev–Trinajstić information content (AvgIpc) is 3.02. The van der Waals surface area contributed by atoms with Crippen LogP contribution in [-0.2, 0) is 6.54 Å². The number of thiazole rings is 1. The van der Waals surface area contributed by atoms with Crippen LogP contribution < -0.4 is 4.87 Å². The second-order valence-corrected chi connectivity index (χ2v) is 7.25. The molecule has 0 aliphatic heterocycles. The Balaban J connectivity index is 1.71. The molecule has 0 atom stereocenters. The second-order valence-electron chi connectivity index (χ2n) is 6.26. The Morgan fingerprint density at radius 1 is 0.964 bits per heavy atom. The molecule has 0 spiro atoms. The molecule has 0 radical (unpaired) electrons. The van der Waals surface area contributed by atoms with Gasteiger partial charge in [-0.3, -0.25) is 24.3 Å². The van der Waals surface area contributed by atoms with Crippen LogP contribution in [0.5, 0.6) is 0 Å². The lowest BCUT2D eigenvalue weighted by Gasteiger charge is -2.05. The highest BCUT2D eigenvalue weighted by atomic mass is 32.1. The Labute approximate surface area is 163 Å². The lowest BCUT2D eigenvalue weighted by molar-refractivity contribution is -0.384. The standard InChI is InChI=1S/C21H14N2O4S/c24-20(15-7-4-8-17(11-15)23(26)27)16-9-10-18-19(12-16)28-21(25)22(18)13-14-5-2-1-3-6-14/h1-12H,13H2. The molecule has 0 aliphatic rings. The first-order chi connectivity index (χ1) is 13.5. The van der Waals surface area contributed by atoms with E-state index in [4.69, 9.17) is 0 Å². The van der Waals surface area contributed by atoms with E-state index in [2.05, 4.69) is 0 Å². The number of hydrogen-bond donors (Lipinski definition) is 0. The maximum Gasteiger partial charge on any atom is 0.308 e. The van der Waals surface area contributed by atoms with E-state index in [1.54, 1.807) is 28.8 Å². The Kier molecular flexibility index (Phi) is 4.58. The third kappa shape index (κ3) is 3.35. The Bertz CT molecular complexity index is 1260. The minimum Gasteiger partial charge on any atom is -0.294 e. The maximum absolute atomic E-state index is 12.7. The van der Waals surface area contributed by atoms with Crippen molar-refractivity contribution in [3.8, 4) is 0 Å². The molecular weight excluding hydrogens is 376 g/mol. The van der Waals surface area contributed by atoms with E-state index < -0.39 is 4.92 Å². The zero-order valence-electron chi connectivity index (χ0n) is 14.6. The minimum absolute atomic E-state index is 0.0983. The van der Waals surface area contributed by atoms with Crippen LogP contribution >= 0.6 is 11.3 Å². The summed E-state index contributed by atoms with van der Waals surface area (Å²) in [5.41, 5.74) is 2.27. The number of non-ortho nitro benzene ring substituents is 1. The highest BCUT2D eigenvalue weighted by Gasteiger charge is 2.16. The molecule has 3 aromatic carbocycles. The van der Waals surface area contributed by atoms with Crippen molar-refractivity contribution < 1.29 is 9.72 Å². The lowest BCUT2D eigenvalue weighted by atomic mass is 10.0. The van der Waals surface area contributed by atoms with E-state index in [1.807, 2.05) is 30.3 Å². The number of carbonyl (C=O) groups is 1. The third-order valence-electron chi connectivity index (χ3n) is 4.43. The molecule has 0 fully saturated rings. The summed E-state index contributed by atoms with van der Waals surface area (Å²) in [4.78, 5) is 35.5. The van der Waals surface area contributed by atoms with Crippen molar-refractivity contribution in [1.29, 1.82) is 0 Å². The highest BCUT2D eigenvalue weighted by Crippen LogP contribution is 2.23. The minimum atomic E-state index is -0.532. The first-order valence-corrected chi connectivity index (χ1v) is 9.31. The maximum atomic E-state index is 12.7. The second kappa shape index (κ2) is 7.21. The SMILES string of the molecule is O=C(c1cccc([N+](=O)[O-])c1)c1ccc2c(c1)sc(=O)n2Cc1ccccc1. The predicted molar refractivity (Wildman–Crippen MR) is 108 cm³/mol. The van der Waals surface area contributed by atoms with Gasteiger partial charge in [0.15, 0.2) is 5.78 Å². The quantitative estimate of drug-likeness (QED) is 0.290. The number of ketones is 1. The number of rotatable bonds is 5. The first-order valence-electron chi connectivity index (χ1n) is 8.49. The molecule has 6 nitrogen and oxygen atoms in total. The molecule has 1 heterocycles. The first kappa shape index (κ1) is 17.8. The van der Waals surface area contributed by atoms with E-state index in [1.165, 1.54) is 18.2 Å². The molecule has 0 aliphatic carbocycles. The molecule has 7 heteroatoms. The van der Waals surface area contributed by atoms with Crippen LogP contribution in [0.4, 0.5) is 5.69 Å². The van der Waals surface area contributed by atoms with Gasteiger partial charge in [0.05, 0.1) is 21.7 Å². The van der Waals surface area contributed by atoms with Crippen LogP contribution in [0.3, 0.4) is 0 Å². The summed E-state index contributed by atoms with van der Waals surface area (Å²) in [6.07, 6.45) is 0. The van der Waals surface area contributed by atoms with Gasteiger partial charge in [0.1, 0.15) is 0 Å². The fourth-order valence-corrected chi connectivity index (χ4v) is 3.98. The molecule has 0 unspecified atom stereocenters. The summed E-state index contributed by atoms with van der Waals surface area (Å²) in [7, 11) is 0. The van der Waals surface area contributed by atoms with E-state index in [9.17, 15) is 19.7 Å². The van der Waals surface area contributed by atoms with Gasteiger partial charge in [0.2, 0.25) is 0 Å². The monoisotopic (exact) mass is 390 g/mol. The Morgan fingerprint density at radius 3 is 2.46 bits per heavy atom. The number of nitro groups is 1. The summed E-state index contributed by atoms with van der Waals surface area (Å²) < 4.78 is 2.38. The summed E-state index contributed by atoms with van der Waals surface area (Å²) in [6, 6.07) is 20.4. The molecule has 0 amide bonds. The van der Waals surface area contributed by atoms with Gasteiger partial charge in [0, 0.05) is 23.3 Å². The smallest absolute Gasteiger partial charge is 0.294 e. The van der Waals surface area contributed by atoms with Gasteiger partial charge in [-0.25, -0.2) is 0 Å². The molecular formula is C21H14N2O4S. The van der Waals surface area contributed by atoms with Crippen LogP contribution in [0.1, 0.15) is 21.5 Å². The van der Waals surface area contributed by atoms with Crippen molar-refractivity contribution in [2.24, 2.45) is 0 Å². The molecule has 28 heavy (non-hydrogen) atoms. The van der Waals surface area contributed by atoms with Gasteiger partial charge in [0.25, 0.3) is 5.69 Å². The van der Waals surface area contributed by atoms with Crippen molar-refractivity contribution in [2.45, 2.75) is 6.54 Å².